The van der Waals surface area contributed by atoms with Gasteiger partial charge in [-0.3, -0.25) is 0 Å². The van der Waals surface area contributed by atoms with Crippen molar-refractivity contribution in [2.24, 2.45) is 23.7 Å². The van der Waals surface area contributed by atoms with E-state index in [1.807, 2.05) is 0 Å². The van der Waals surface area contributed by atoms with Crippen molar-refractivity contribution < 1.29 is 0 Å². The van der Waals surface area contributed by atoms with Gasteiger partial charge in [0.2, 0.25) is 0 Å². The van der Waals surface area contributed by atoms with Crippen molar-refractivity contribution >= 4 is 0 Å². The predicted molar refractivity (Wildman–Crippen MR) is 113 cm³/mol. The van der Waals surface area contributed by atoms with Crippen molar-refractivity contribution in [3.05, 3.63) is 47.0 Å². The maximum atomic E-state index is 2.62. The molecule has 3 aliphatic carbocycles. The SMILES string of the molecule is C/C=C/C1CCC2CC(c3ccc4c(c3)CCC(CCC)C4)CCC2C1. The van der Waals surface area contributed by atoms with Gasteiger partial charge in [-0.25, -0.2) is 0 Å². The first-order valence-corrected chi connectivity index (χ1v) is 11.5. The number of hydrogen-bond acceptors (Lipinski definition) is 0. The van der Waals surface area contributed by atoms with Crippen molar-refractivity contribution in [2.45, 2.75) is 90.4 Å². The number of allylic oxidation sites excluding steroid dienone is 2. The van der Waals surface area contributed by atoms with Crippen molar-refractivity contribution in [2.75, 3.05) is 0 Å². The molecule has 2 saturated carbocycles. The van der Waals surface area contributed by atoms with E-state index in [9.17, 15) is 0 Å². The van der Waals surface area contributed by atoms with Gasteiger partial charge in [-0.2, -0.15) is 0 Å². The van der Waals surface area contributed by atoms with E-state index in [-0.39, 0.29) is 0 Å². The van der Waals surface area contributed by atoms with Crippen molar-refractivity contribution in [3.8, 4) is 0 Å². The second-order valence-electron chi connectivity index (χ2n) is 9.55. The standard InChI is InChI=1S/C26H38/c1-3-5-19-7-9-23-17-25(13-11-21(23)15-19)26-14-12-22-16-20(6-4-2)8-10-24(22)18-26/h3,5,12,14,18-21,23,25H,4,6-11,13,15-17H2,1-2H3/b5-3+. The van der Waals surface area contributed by atoms with Gasteiger partial charge in [-0.05, 0) is 111 Å². The Balaban J connectivity index is 1.40. The average Bonchev–Trinajstić information content (AvgIpc) is 2.68. The summed E-state index contributed by atoms with van der Waals surface area (Å²) in [5, 5.41) is 0. The second-order valence-corrected chi connectivity index (χ2v) is 9.55. The van der Waals surface area contributed by atoms with E-state index in [1.54, 1.807) is 16.7 Å². The van der Waals surface area contributed by atoms with E-state index in [0.29, 0.717) is 0 Å². The number of hydrogen-bond donors (Lipinski definition) is 0. The third kappa shape index (κ3) is 3.95. The lowest BCUT2D eigenvalue weighted by atomic mass is 9.63. The zero-order valence-corrected chi connectivity index (χ0v) is 17.1. The number of fused-ring (bicyclic) bond motifs is 2. The molecule has 3 aliphatic rings. The number of aryl methyl sites for hydroxylation is 1. The molecule has 0 aromatic heterocycles. The van der Waals surface area contributed by atoms with Crippen LogP contribution < -0.4 is 0 Å². The Bertz CT molecular complexity index is 625. The second kappa shape index (κ2) is 8.32. The van der Waals surface area contributed by atoms with Crippen LogP contribution >= 0.6 is 0 Å². The minimum atomic E-state index is 0.841. The third-order valence-electron chi connectivity index (χ3n) is 7.85. The van der Waals surface area contributed by atoms with Gasteiger partial charge in [0.15, 0.2) is 0 Å². The van der Waals surface area contributed by atoms with Gasteiger partial charge in [-0.1, -0.05) is 50.1 Å². The molecule has 0 spiro atoms. The van der Waals surface area contributed by atoms with Gasteiger partial charge < -0.3 is 0 Å². The molecule has 1 aromatic carbocycles. The quantitative estimate of drug-likeness (QED) is 0.494. The minimum Gasteiger partial charge on any atom is -0.0914 e. The molecule has 5 atom stereocenters. The highest BCUT2D eigenvalue weighted by atomic mass is 14.4. The van der Waals surface area contributed by atoms with Gasteiger partial charge in [0.1, 0.15) is 0 Å². The van der Waals surface area contributed by atoms with Crippen LogP contribution in [0.15, 0.2) is 30.4 Å². The average molecular weight is 351 g/mol. The lowest BCUT2D eigenvalue weighted by molar-refractivity contribution is 0.133. The highest BCUT2D eigenvalue weighted by molar-refractivity contribution is 5.36. The van der Waals surface area contributed by atoms with Crippen LogP contribution in [0.3, 0.4) is 0 Å². The molecule has 142 valence electrons. The minimum absolute atomic E-state index is 0.841. The third-order valence-corrected chi connectivity index (χ3v) is 7.85. The molecule has 0 amide bonds. The fraction of sp³-hybridized carbons (Fsp3) is 0.692. The first-order chi connectivity index (χ1) is 12.8. The first kappa shape index (κ1) is 18.3. The molecule has 4 rings (SSSR count). The maximum absolute atomic E-state index is 2.62. The van der Waals surface area contributed by atoms with E-state index >= 15 is 0 Å². The van der Waals surface area contributed by atoms with Crippen molar-refractivity contribution in [3.63, 3.8) is 0 Å². The molecule has 1 aromatic rings. The van der Waals surface area contributed by atoms with Crippen LogP contribution in [0.2, 0.25) is 0 Å². The van der Waals surface area contributed by atoms with E-state index in [2.05, 4.69) is 44.2 Å². The smallest absolute Gasteiger partial charge is 0.0159 e. The molecule has 0 heteroatoms. The van der Waals surface area contributed by atoms with Gasteiger partial charge in [0, 0.05) is 0 Å². The summed E-state index contributed by atoms with van der Waals surface area (Å²) < 4.78 is 0. The van der Waals surface area contributed by atoms with Crippen molar-refractivity contribution in [1.82, 2.24) is 0 Å². The molecule has 0 saturated heterocycles. The molecule has 0 N–H and O–H groups in total. The van der Waals surface area contributed by atoms with E-state index in [4.69, 9.17) is 0 Å². The Hall–Kier alpha value is -1.04. The van der Waals surface area contributed by atoms with Crippen LogP contribution in [0, 0.1) is 23.7 Å². The fourth-order valence-electron chi connectivity index (χ4n) is 6.43. The zero-order chi connectivity index (χ0) is 17.9. The van der Waals surface area contributed by atoms with Gasteiger partial charge in [0.25, 0.3) is 0 Å². The molecule has 0 nitrogen and oxygen atoms in total. The monoisotopic (exact) mass is 350 g/mol. The Morgan fingerprint density at radius 3 is 2.65 bits per heavy atom. The summed E-state index contributed by atoms with van der Waals surface area (Å²) in [6.45, 7) is 4.52. The molecule has 0 bridgehead atoms. The van der Waals surface area contributed by atoms with E-state index in [1.165, 1.54) is 70.6 Å². The molecule has 2 fully saturated rings. The maximum Gasteiger partial charge on any atom is -0.0159 e. The zero-order valence-electron chi connectivity index (χ0n) is 17.1. The van der Waals surface area contributed by atoms with Gasteiger partial charge in [0.05, 0.1) is 0 Å². The van der Waals surface area contributed by atoms with Crippen LogP contribution in [-0.2, 0) is 12.8 Å². The van der Waals surface area contributed by atoms with Crippen molar-refractivity contribution in [1.29, 1.82) is 0 Å². The van der Waals surface area contributed by atoms with Crippen LogP contribution in [0.25, 0.3) is 0 Å². The fourth-order valence-corrected chi connectivity index (χ4v) is 6.43. The topological polar surface area (TPSA) is 0 Å². The molecule has 0 heterocycles. The van der Waals surface area contributed by atoms with Gasteiger partial charge >= 0.3 is 0 Å². The summed E-state index contributed by atoms with van der Waals surface area (Å²) in [5.41, 5.74) is 5.03. The summed E-state index contributed by atoms with van der Waals surface area (Å²) in [7, 11) is 0. The highest BCUT2D eigenvalue weighted by Crippen LogP contribution is 2.48. The molecule has 26 heavy (non-hydrogen) atoms. The summed E-state index contributed by atoms with van der Waals surface area (Å²) in [6, 6.07) is 7.62. The number of rotatable bonds is 4. The molecule has 5 unspecified atom stereocenters. The number of benzene rings is 1. The summed E-state index contributed by atoms with van der Waals surface area (Å²) in [4.78, 5) is 0. The Morgan fingerprint density at radius 1 is 0.962 bits per heavy atom. The van der Waals surface area contributed by atoms with Gasteiger partial charge in [-0.15, -0.1) is 0 Å². The van der Waals surface area contributed by atoms with Crippen LogP contribution in [0.4, 0.5) is 0 Å². The van der Waals surface area contributed by atoms with Crippen LogP contribution in [0.1, 0.15) is 94.2 Å². The largest absolute Gasteiger partial charge is 0.0914 e. The highest BCUT2D eigenvalue weighted by Gasteiger charge is 2.35. The lowest BCUT2D eigenvalue weighted by Crippen LogP contribution is -2.30. The predicted octanol–water partition coefficient (Wildman–Crippen LogP) is 7.47. The van der Waals surface area contributed by atoms with Crippen LogP contribution in [-0.4, -0.2) is 0 Å². The molecule has 0 radical (unpaired) electrons. The van der Waals surface area contributed by atoms with Crippen LogP contribution in [0.5, 0.6) is 0 Å². The van der Waals surface area contributed by atoms with E-state index < -0.39 is 0 Å². The summed E-state index contributed by atoms with van der Waals surface area (Å²) >= 11 is 0. The first-order valence-electron chi connectivity index (χ1n) is 11.5. The Morgan fingerprint density at radius 2 is 1.81 bits per heavy atom. The summed E-state index contributed by atoms with van der Waals surface area (Å²) in [6.07, 6.45) is 20.3. The molecular weight excluding hydrogens is 312 g/mol. The van der Waals surface area contributed by atoms with E-state index in [0.717, 1.165) is 29.6 Å². The molecular formula is C26H38. The molecule has 0 aliphatic heterocycles. The Kier molecular flexibility index (Phi) is 5.87. The normalized spacial score (nSPS) is 34.5. The summed E-state index contributed by atoms with van der Waals surface area (Å²) in [5.74, 6) is 4.67. The lowest BCUT2D eigenvalue weighted by Gasteiger charge is -2.42. The Labute approximate surface area is 161 Å².